The zero-order valence-corrected chi connectivity index (χ0v) is 22.9. The van der Waals surface area contributed by atoms with Crippen LogP contribution in [-0.4, -0.2) is 26.3 Å². The number of hydrogen-bond acceptors (Lipinski definition) is 3. The van der Waals surface area contributed by atoms with Crippen LogP contribution in [0, 0.1) is 0 Å². The average molecular weight is 682 g/mol. The molecule has 0 aliphatic carbocycles. The molecule has 3 nitrogen and oxygen atoms in total. The first kappa shape index (κ1) is 28.4. The summed E-state index contributed by atoms with van der Waals surface area (Å²) in [6, 6.07) is 0. The molecule has 0 aliphatic heterocycles. The molecule has 0 aliphatic rings. The first-order chi connectivity index (χ1) is 11.6. The third kappa shape index (κ3) is 6.03. The Balaban J connectivity index is 3.90. The molecular weight excluding hydrogens is 682 g/mol. The van der Waals surface area contributed by atoms with Crippen molar-refractivity contribution >= 4 is 174 Å². The number of rotatable bonds is 3. The molecule has 0 unspecified atom stereocenters. The van der Waals surface area contributed by atoms with Crippen LogP contribution in [0.5, 0.6) is 0 Å². The van der Waals surface area contributed by atoms with E-state index in [4.69, 9.17) is 174 Å². The summed E-state index contributed by atoms with van der Waals surface area (Å²) in [5.41, 5.74) is 0. The smallest absolute Gasteiger partial charge is 0.211 e. The molecule has 0 radical (unpaired) electrons. The third-order valence-electron chi connectivity index (χ3n) is 2.55. The Morgan fingerprint density at radius 1 is 0.333 bits per heavy atom. The molecule has 1 aromatic rings. The molecule has 1 rings (SSSR count). The van der Waals surface area contributed by atoms with E-state index in [2.05, 4.69) is 15.0 Å². The van der Waals surface area contributed by atoms with E-state index < -0.39 is 41.9 Å². The van der Waals surface area contributed by atoms with Crippen molar-refractivity contribution in [1.82, 2.24) is 15.0 Å². The van der Waals surface area contributed by atoms with Gasteiger partial charge in [-0.25, -0.2) is 15.0 Å². The molecule has 0 saturated heterocycles. The van der Waals surface area contributed by atoms with Gasteiger partial charge in [-0.2, -0.15) is 0 Å². The van der Waals surface area contributed by atoms with Crippen molar-refractivity contribution in [2.75, 3.05) is 0 Å². The minimum atomic E-state index is -2.42. The largest absolute Gasteiger partial charge is 0.230 e. The molecule has 0 bridgehead atoms. The van der Waals surface area contributed by atoms with E-state index in [0.29, 0.717) is 0 Å². The van der Waals surface area contributed by atoms with Gasteiger partial charge in [-0.1, -0.05) is 174 Å². The van der Waals surface area contributed by atoms with Crippen molar-refractivity contribution in [3.05, 3.63) is 17.5 Å². The van der Waals surface area contributed by atoms with Gasteiger partial charge in [0, 0.05) is 0 Å². The van der Waals surface area contributed by atoms with Gasteiger partial charge in [-0.05, 0) is 0 Å². The van der Waals surface area contributed by atoms with Crippen LogP contribution in [-0.2, 0) is 13.0 Å². The zero-order chi connectivity index (χ0) is 21.9. The van der Waals surface area contributed by atoms with Gasteiger partial charge in [0.25, 0.3) is 0 Å². The van der Waals surface area contributed by atoms with Gasteiger partial charge < -0.3 is 0 Å². The van der Waals surface area contributed by atoms with Crippen LogP contribution < -0.4 is 0 Å². The molecule has 0 N–H and O–H groups in total. The summed E-state index contributed by atoms with van der Waals surface area (Å²) in [7, 11) is 0. The van der Waals surface area contributed by atoms with Gasteiger partial charge in [0.1, 0.15) is 0 Å². The van der Waals surface area contributed by atoms with Crippen LogP contribution >= 0.6 is 174 Å². The maximum Gasteiger partial charge on any atom is 0.230 e. The number of nitrogens with zero attached hydrogens (tertiary/aromatic N) is 3. The Morgan fingerprint density at radius 2 is 0.481 bits per heavy atom. The van der Waals surface area contributed by atoms with Gasteiger partial charge >= 0.3 is 0 Å². The van der Waals surface area contributed by atoms with Gasteiger partial charge in [-0.15, -0.1) is 0 Å². The lowest BCUT2D eigenvalue weighted by Gasteiger charge is -2.32. The summed E-state index contributed by atoms with van der Waals surface area (Å²) < 4.78 is -14.4. The second-order valence-electron chi connectivity index (χ2n) is 4.52. The number of halogens is 15. The van der Waals surface area contributed by atoms with Crippen LogP contribution in [0.15, 0.2) is 0 Å². The molecule has 18 heteroatoms. The highest BCUT2D eigenvalue weighted by molar-refractivity contribution is 6.76. The lowest BCUT2D eigenvalue weighted by Crippen LogP contribution is -2.39. The maximum absolute atomic E-state index is 6.06. The SMILES string of the molecule is ClC(Cl)(Cl)C(Cl)(Cl)c1nc(C(Cl)(Cl)C(Cl)(Cl)Cl)nc(C(Cl)(Cl)C(Cl)(Cl)Cl)n1. The van der Waals surface area contributed by atoms with E-state index in [-0.39, 0.29) is 0 Å². The fourth-order valence-electron chi connectivity index (χ4n) is 1.18. The summed E-state index contributed by atoms with van der Waals surface area (Å²) in [6.07, 6.45) is 0. The summed E-state index contributed by atoms with van der Waals surface area (Å²) in [5.74, 6) is -1.94. The number of aromatic nitrogens is 3. The fourth-order valence-corrected chi connectivity index (χ4v) is 2.45. The minimum Gasteiger partial charge on any atom is -0.211 e. The second-order valence-corrected chi connectivity index (χ2v) is 15.3. The lowest BCUT2D eigenvalue weighted by atomic mass is 10.3. The normalized spacial score (nSPS) is 15.2. The van der Waals surface area contributed by atoms with Crippen LogP contribution in [0.2, 0.25) is 0 Å². The fraction of sp³-hybridized carbons (Fsp3) is 0.667. The Hall–Kier alpha value is 3.36. The molecule has 1 heterocycles. The van der Waals surface area contributed by atoms with Crippen LogP contribution in [0.1, 0.15) is 17.5 Å². The topological polar surface area (TPSA) is 38.7 Å². The van der Waals surface area contributed by atoms with Crippen molar-refractivity contribution < 1.29 is 0 Å². The molecule has 27 heavy (non-hydrogen) atoms. The first-order valence-corrected chi connectivity index (χ1v) is 11.3. The van der Waals surface area contributed by atoms with Gasteiger partial charge in [0.15, 0.2) is 17.5 Å². The molecule has 0 aromatic carbocycles. The van der Waals surface area contributed by atoms with Gasteiger partial charge in [0.05, 0.1) is 0 Å². The predicted octanol–water partition coefficient (Wildman–Crippen LogP) is 8.87. The first-order valence-electron chi connectivity index (χ1n) is 5.68. The summed E-state index contributed by atoms with van der Waals surface area (Å²) in [6.45, 7) is 0. The van der Waals surface area contributed by atoms with E-state index >= 15 is 0 Å². The highest BCUT2D eigenvalue weighted by Gasteiger charge is 2.56. The monoisotopic (exact) mass is 675 g/mol. The van der Waals surface area contributed by atoms with Gasteiger partial charge in [0.2, 0.25) is 24.4 Å². The Morgan fingerprint density at radius 3 is 0.593 bits per heavy atom. The lowest BCUT2D eigenvalue weighted by molar-refractivity contribution is 0.652. The summed E-state index contributed by atoms with van der Waals surface area (Å²) >= 11 is 88.1. The van der Waals surface area contributed by atoms with E-state index in [0.717, 1.165) is 0 Å². The Labute approximate surface area is 228 Å². The van der Waals surface area contributed by atoms with Gasteiger partial charge in [-0.3, -0.25) is 0 Å². The van der Waals surface area contributed by atoms with E-state index in [1.807, 2.05) is 0 Å². The van der Waals surface area contributed by atoms with E-state index in [1.54, 1.807) is 0 Å². The Bertz CT molecular complexity index is 590. The average Bonchev–Trinajstić information content (AvgIpc) is 2.43. The van der Waals surface area contributed by atoms with E-state index in [9.17, 15) is 0 Å². The molecule has 0 fully saturated rings. The minimum absolute atomic E-state index is 0.648. The molecule has 0 spiro atoms. The molecule has 156 valence electrons. The van der Waals surface area contributed by atoms with Crippen molar-refractivity contribution in [3.63, 3.8) is 0 Å². The summed E-state index contributed by atoms with van der Waals surface area (Å²) in [4.78, 5) is 11.4. The zero-order valence-electron chi connectivity index (χ0n) is 11.5. The highest BCUT2D eigenvalue weighted by Crippen LogP contribution is 2.56. The van der Waals surface area contributed by atoms with Crippen LogP contribution in [0.25, 0.3) is 0 Å². The van der Waals surface area contributed by atoms with Crippen molar-refractivity contribution in [1.29, 1.82) is 0 Å². The molecule has 0 saturated carbocycles. The third-order valence-corrected chi connectivity index (χ3v) is 9.55. The van der Waals surface area contributed by atoms with Crippen molar-refractivity contribution in [2.24, 2.45) is 0 Å². The highest BCUT2D eigenvalue weighted by atomic mass is 35.6. The predicted molar refractivity (Wildman–Crippen MR) is 121 cm³/mol. The van der Waals surface area contributed by atoms with Crippen LogP contribution in [0.4, 0.5) is 0 Å². The second kappa shape index (κ2) is 8.95. The molecular formula is C9Cl15N3. The van der Waals surface area contributed by atoms with Crippen molar-refractivity contribution in [3.8, 4) is 0 Å². The van der Waals surface area contributed by atoms with Crippen molar-refractivity contribution in [2.45, 2.75) is 24.4 Å². The molecule has 0 atom stereocenters. The summed E-state index contributed by atoms with van der Waals surface area (Å²) in [5, 5.41) is 0. The van der Waals surface area contributed by atoms with Crippen LogP contribution in [0.3, 0.4) is 0 Å². The molecule has 0 amide bonds. The number of alkyl halides is 15. The standard InChI is InChI=1S/C9Cl15N3/c10-4(11,7(16,17)18)1-25-2(5(12,13)8(19,20)21)27-3(26-1)6(14,15)9(22,23)24. The Kier molecular flexibility index (Phi) is 9.41. The molecule has 1 aromatic heterocycles. The number of hydrogen-bond donors (Lipinski definition) is 0. The van der Waals surface area contributed by atoms with E-state index in [1.165, 1.54) is 0 Å². The maximum atomic E-state index is 6.06. The quantitative estimate of drug-likeness (QED) is 0.299.